The fraction of sp³-hybridized carbons (Fsp3) is 0.455. The maximum Gasteiger partial charge on any atom is 0.332 e. The number of rotatable bonds is 6. The van der Waals surface area contributed by atoms with E-state index in [1.807, 2.05) is 18.2 Å². The highest BCUT2D eigenvalue weighted by Crippen LogP contribution is 2.24. The van der Waals surface area contributed by atoms with Crippen LogP contribution in [0.2, 0.25) is 0 Å². The minimum Gasteiger partial charge on any atom is -0.463 e. The first-order valence-electron chi connectivity index (χ1n) is 10.6. The largest absolute Gasteiger partial charge is 0.463 e. The molecule has 0 spiro atoms. The third-order valence-electron chi connectivity index (χ3n) is 5.17. The lowest BCUT2D eigenvalue weighted by Crippen LogP contribution is -2.47. The zero-order valence-corrected chi connectivity index (χ0v) is 19.6. The van der Waals surface area contributed by atoms with E-state index >= 15 is 0 Å². The van der Waals surface area contributed by atoms with E-state index < -0.39 is 71.8 Å². The third kappa shape index (κ3) is 6.07. The maximum atomic E-state index is 13.1. The SMILES string of the molecule is CC(C)C(=O)OC1C(C)OC(=O)C(NC(=O)c2ns[nH]c2=O)COC(=O)C1Cc1ccccc1. The molecule has 0 bridgehead atoms. The molecule has 11 nitrogen and oxygen atoms in total. The monoisotopic (exact) mass is 491 g/mol. The lowest BCUT2D eigenvalue weighted by molar-refractivity contribution is -0.176. The molecule has 2 heterocycles. The molecule has 2 aromatic rings. The number of aromatic amines is 1. The van der Waals surface area contributed by atoms with Gasteiger partial charge in [-0.15, -0.1) is 0 Å². The van der Waals surface area contributed by atoms with Gasteiger partial charge in [0, 0.05) is 11.7 Å². The Labute approximate surface area is 199 Å². The first-order valence-corrected chi connectivity index (χ1v) is 11.4. The van der Waals surface area contributed by atoms with E-state index in [2.05, 4.69) is 14.1 Å². The molecule has 1 aromatic carbocycles. The maximum absolute atomic E-state index is 13.1. The Bertz CT molecular complexity index is 1100. The molecule has 0 saturated carbocycles. The summed E-state index contributed by atoms with van der Waals surface area (Å²) in [7, 11) is 0. The van der Waals surface area contributed by atoms with Gasteiger partial charge in [0.2, 0.25) is 5.69 Å². The van der Waals surface area contributed by atoms with Crippen molar-refractivity contribution in [1.29, 1.82) is 0 Å². The van der Waals surface area contributed by atoms with Crippen LogP contribution in [0, 0.1) is 11.8 Å². The number of carbonyl (C=O) groups excluding carboxylic acids is 4. The lowest BCUT2D eigenvalue weighted by Gasteiger charge is -2.29. The number of hydrogen-bond acceptors (Lipinski definition) is 10. The molecule has 0 aliphatic carbocycles. The molecule has 0 radical (unpaired) electrons. The summed E-state index contributed by atoms with van der Waals surface area (Å²) in [4.78, 5) is 62.3. The summed E-state index contributed by atoms with van der Waals surface area (Å²) < 4.78 is 22.3. The van der Waals surface area contributed by atoms with Gasteiger partial charge >= 0.3 is 17.9 Å². The number of aromatic nitrogens is 2. The van der Waals surface area contributed by atoms with E-state index in [1.54, 1.807) is 26.0 Å². The predicted molar refractivity (Wildman–Crippen MR) is 119 cm³/mol. The number of ether oxygens (including phenoxy) is 3. The fourth-order valence-electron chi connectivity index (χ4n) is 3.32. The molecule has 4 atom stereocenters. The Kier molecular flexibility index (Phi) is 8.16. The molecule has 3 rings (SSSR count). The second kappa shape index (κ2) is 11.1. The third-order valence-corrected chi connectivity index (χ3v) is 5.72. The number of nitrogens with zero attached hydrogens (tertiary/aromatic N) is 1. The second-order valence-electron chi connectivity index (χ2n) is 8.11. The summed E-state index contributed by atoms with van der Waals surface area (Å²) in [5, 5.41) is 2.31. The van der Waals surface area contributed by atoms with Gasteiger partial charge in [0.25, 0.3) is 11.5 Å². The van der Waals surface area contributed by atoms with Crippen LogP contribution in [-0.4, -0.2) is 57.4 Å². The summed E-state index contributed by atoms with van der Waals surface area (Å²) in [6.07, 6.45) is -1.98. The zero-order chi connectivity index (χ0) is 24.8. The standard InChI is InChI=1S/C22H25N3O8S/c1-11(2)20(28)33-17-12(3)32-22(30)15(23-18(26)16-19(27)25-34-24-16)10-31-21(29)14(17)9-13-7-5-4-6-8-13/h4-8,11-12,14-15,17H,9-10H2,1-3H3,(H,23,26)(H,25,27). The highest BCUT2D eigenvalue weighted by Gasteiger charge is 2.42. The number of carbonyl (C=O) groups is 4. The normalized spacial score (nSPS) is 23.2. The lowest BCUT2D eigenvalue weighted by atomic mass is 9.91. The minimum atomic E-state index is -1.39. The molecule has 34 heavy (non-hydrogen) atoms. The Morgan fingerprint density at radius 3 is 2.53 bits per heavy atom. The van der Waals surface area contributed by atoms with Gasteiger partial charge in [-0.05, 0) is 18.9 Å². The zero-order valence-electron chi connectivity index (χ0n) is 18.8. The van der Waals surface area contributed by atoms with Crippen LogP contribution in [0.4, 0.5) is 0 Å². The van der Waals surface area contributed by atoms with Crippen LogP contribution >= 0.6 is 11.7 Å². The van der Waals surface area contributed by atoms with Gasteiger partial charge < -0.3 is 19.5 Å². The minimum absolute atomic E-state index is 0.169. The van der Waals surface area contributed by atoms with Gasteiger partial charge in [-0.25, -0.2) is 4.79 Å². The number of amides is 1. The summed E-state index contributed by atoms with van der Waals surface area (Å²) in [6.45, 7) is 4.25. The topological polar surface area (TPSA) is 154 Å². The average Bonchev–Trinajstić information content (AvgIpc) is 3.25. The summed E-state index contributed by atoms with van der Waals surface area (Å²) >= 11 is 0.680. The Balaban J connectivity index is 1.87. The van der Waals surface area contributed by atoms with Crippen LogP contribution in [0.1, 0.15) is 36.8 Å². The van der Waals surface area contributed by atoms with Crippen LogP contribution in [0.5, 0.6) is 0 Å². The van der Waals surface area contributed by atoms with Crippen molar-refractivity contribution in [3.05, 3.63) is 51.9 Å². The van der Waals surface area contributed by atoms with E-state index in [9.17, 15) is 24.0 Å². The van der Waals surface area contributed by atoms with Crippen LogP contribution < -0.4 is 10.9 Å². The van der Waals surface area contributed by atoms with E-state index in [0.29, 0.717) is 11.7 Å². The van der Waals surface area contributed by atoms with Crippen LogP contribution in [-0.2, 0) is 35.0 Å². The molecule has 1 aliphatic rings. The van der Waals surface area contributed by atoms with Gasteiger partial charge in [0.05, 0.1) is 5.92 Å². The number of cyclic esters (lactones) is 2. The molecule has 1 aliphatic heterocycles. The van der Waals surface area contributed by atoms with E-state index in [4.69, 9.17) is 14.2 Å². The van der Waals surface area contributed by atoms with Crippen molar-refractivity contribution in [1.82, 2.24) is 14.1 Å². The number of esters is 3. The van der Waals surface area contributed by atoms with Gasteiger partial charge in [0.15, 0.2) is 12.1 Å². The number of H-pyrrole nitrogens is 1. The predicted octanol–water partition coefficient (Wildman–Crippen LogP) is 0.845. The number of benzene rings is 1. The van der Waals surface area contributed by atoms with Crippen LogP contribution in [0.25, 0.3) is 0 Å². The van der Waals surface area contributed by atoms with E-state index in [1.165, 1.54) is 6.92 Å². The smallest absolute Gasteiger partial charge is 0.332 e. The fourth-order valence-corrected chi connectivity index (χ4v) is 3.80. The Hall–Kier alpha value is -3.54. The van der Waals surface area contributed by atoms with Crippen molar-refractivity contribution in [3.63, 3.8) is 0 Å². The summed E-state index contributed by atoms with van der Waals surface area (Å²) in [6, 6.07) is 7.67. The number of nitrogens with one attached hydrogen (secondary N) is 2. The first kappa shape index (κ1) is 25.1. The summed E-state index contributed by atoms with van der Waals surface area (Å²) in [5.41, 5.74) is -0.351. The number of hydrogen-bond donors (Lipinski definition) is 2. The molecule has 1 saturated heterocycles. The van der Waals surface area contributed by atoms with Crippen LogP contribution in [0.15, 0.2) is 35.1 Å². The Morgan fingerprint density at radius 2 is 1.91 bits per heavy atom. The molecule has 4 unspecified atom stereocenters. The molecule has 182 valence electrons. The first-order chi connectivity index (χ1) is 16.2. The van der Waals surface area contributed by atoms with Crippen molar-refractivity contribution >= 4 is 35.5 Å². The highest BCUT2D eigenvalue weighted by atomic mass is 32.1. The van der Waals surface area contributed by atoms with E-state index in [-0.39, 0.29) is 6.42 Å². The second-order valence-corrected chi connectivity index (χ2v) is 8.68. The van der Waals surface area contributed by atoms with E-state index in [0.717, 1.165) is 5.56 Å². The molecule has 12 heteroatoms. The molecule has 1 aromatic heterocycles. The van der Waals surface area contributed by atoms with Gasteiger partial charge in [-0.1, -0.05) is 44.2 Å². The van der Waals surface area contributed by atoms with Crippen molar-refractivity contribution in [3.8, 4) is 0 Å². The van der Waals surface area contributed by atoms with Gasteiger partial charge in [-0.2, -0.15) is 4.37 Å². The molecular weight excluding hydrogens is 466 g/mol. The van der Waals surface area contributed by atoms with Crippen molar-refractivity contribution in [2.24, 2.45) is 11.8 Å². The molecular formula is C22H25N3O8S. The van der Waals surface area contributed by atoms with Crippen molar-refractivity contribution in [2.45, 2.75) is 45.4 Å². The summed E-state index contributed by atoms with van der Waals surface area (Å²) in [5.74, 6) is -4.56. The quantitative estimate of drug-likeness (QED) is 0.442. The van der Waals surface area contributed by atoms with Crippen molar-refractivity contribution < 1.29 is 33.4 Å². The molecule has 2 N–H and O–H groups in total. The average molecular weight is 492 g/mol. The Morgan fingerprint density at radius 1 is 1.21 bits per heavy atom. The molecule has 1 fully saturated rings. The van der Waals surface area contributed by atoms with Crippen LogP contribution in [0.3, 0.4) is 0 Å². The van der Waals surface area contributed by atoms with Gasteiger partial charge in [-0.3, -0.25) is 23.6 Å². The van der Waals surface area contributed by atoms with Gasteiger partial charge in [0.1, 0.15) is 18.6 Å². The van der Waals surface area contributed by atoms with Crippen molar-refractivity contribution in [2.75, 3.05) is 6.61 Å². The highest BCUT2D eigenvalue weighted by molar-refractivity contribution is 6.99. The molecule has 1 amide bonds.